The maximum Gasteiger partial charge on any atom is 0.352 e. The molecule has 4 rings (SSSR count). The van der Waals surface area contributed by atoms with Gasteiger partial charge in [-0.05, 0) is 58.0 Å². The normalized spacial score (nSPS) is 26.0. The van der Waals surface area contributed by atoms with Gasteiger partial charge in [0.25, 0.3) is 0 Å². The van der Waals surface area contributed by atoms with E-state index < -0.39 is 84.4 Å². The quantitative estimate of drug-likeness (QED) is 0.171. The van der Waals surface area contributed by atoms with Crippen LogP contribution in [-0.2, 0) is 45.3 Å². The van der Waals surface area contributed by atoms with Crippen LogP contribution in [0.3, 0.4) is 0 Å². The van der Waals surface area contributed by atoms with Crippen molar-refractivity contribution < 1.29 is 63.3 Å². The fourth-order valence-corrected chi connectivity index (χ4v) is 6.58. The summed E-state index contributed by atoms with van der Waals surface area (Å²) in [7, 11) is 3.43. The number of likely N-dealkylation sites (N-methyl/N-ethyl adjacent to an activating group) is 1. The lowest BCUT2D eigenvalue weighted by molar-refractivity contribution is -0.169. The molecule has 0 bridgehead atoms. The summed E-state index contributed by atoms with van der Waals surface area (Å²) in [5, 5.41) is 41.8. The van der Waals surface area contributed by atoms with E-state index in [1.165, 1.54) is 14.0 Å². The highest BCUT2D eigenvalue weighted by Gasteiger charge is 2.68. The number of carbonyl (C=O) groups excluding carboxylic acids is 3. The van der Waals surface area contributed by atoms with Gasteiger partial charge in [-0.25, -0.2) is 14.4 Å². The van der Waals surface area contributed by atoms with E-state index in [0.717, 1.165) is 11.1 Å². The first-order chi connectivity index (χ1) is 21.6. The molecule has 15 heteroatoms. The van der Waals surface area contributed by atoms with Crippen LogP contribution in [0.15, 0.2) is 24.0 Å². The predicted molar refractivity (Wildman–Crippen MR) is 157 cm³/mol. The van der Waals surface area contributed by atoms with E-state index in [-0.39, 0.29) is 18.2 Å². The summed E-state index contributed by atoms with van der Waals surface area (Å²) in [4.78, 5) is 62.4. The molecule has 0 saturated heterocycles. The van der Waals surface area contributed by atoms with Crippen LogP contribution in [0.2, 0.25) is 0 Å². The SMILES string of the molecule is CCN(C)[C@@H]1Cc2ccc(OC)c3c2[C@@]2(C)[C@@H](O3)C(OC(=O)[C@H](C)OC(=O)[C@H](CCC(=O)O)NC(=O)C[C@H](O)C(=O)O)=CC[C@@]12O. The van der Waals surface area contributed by atoms with Crippen LogP contribution in [0, 0.1) is 0 Å². The zero-order valence-corrected chi connectivity index (χ0v) is 26.3. The van der Waals surface area contributed by atoms with E-state index in [1.54, 1.807) is 12.1 Å². The fraction of sp³-hybridized carbons (Fsp3) is 0.581. The molecule has 0 saturated carbocycles. The van der Waals surface area contributed by atoms with Crippen molar-refractivity contribution in [2.45, 2.75) is 94.3 Å². The third-order valence-corrected chi connectivity index (χ3v) is 9.25. The molecule has 1 aliphatic heterocycles. The number of aliphatic carboxylic acids is 2. The molecule has 1 heterocycles. The number of carboxylic acids is 2. The van der Waals surface area contributed by atoms with Crippen molar-refractivity contribution >= 4 is 29.8 Å². The zero-order chi connectivity index (χ0) is 34.1. The molecule has 15 nitrogen and oxygen atoms in total. The summed E-state index contributed by atoms with van der Waals surface area (Å²) in [6, 6.07) is 1.89. The molecule has 46 heavy (non-hydrogen) atoms. The van der Waals surface area contributed by atoms with Gasteiger partial charge < -0.3 is 49.6 Å². The number of carboxylic acid groups (broad SMARTS) is 2. The molecule has 0 spiro atoms. The number of carbonyl (C=O) groups is 5. The minimum absolute atomic E-state index is 0.0995. The number of nitrogens with zero attached hydrogens (tertiary/aromatic N) is 1. The van der Waals surface area contributed by atoms with Gasteiger partial charge in [0.15, 0.2) is 29.8 Å². The molecule has 1 aromatic carbocycles. The summed E-state index contributed by atoms with van der Waals surface area (Å²) in [6.45, 7) is 5.76. The number of aliphatic hydroxyl groups is 2. The van der Waals surface area contributed by atoms with E-state index in [9.17, 15) is 34.2 Å². The Labute approximate surface area is 265 Å². The van der Waals surface area contributed by atoms with Crippen molar-refractivity contribution in [3.63, 3.8) is 0 Å². The lowest BCUT2D eigenvalue weighted by Gasteiger charge is -2.56. The molecular weight excluding hydrogens is 608 g/mol. The van der Waals surface area contributed by atoms with Crippen LogP contribution in [-0.4, -0.2) is 112 Å². The van der Waals surface area contributed by atoms with Crippen LogP contribution < -0.4 is 14.8 Å². The van der Waals surface area contributed by atoms with Crippen molar-refractivity contribution in [3.8, 4) is 11.5 Å². The number of rotatable bonds is 14. The molecule has 252 valence electrons. The van der Waals surface area contributed by atoms with Crippen molar-refractivity contribution in [1.29, 1.82) is 0 Å². The first kappa shape index (κ1) is 34.7. The second-order valence-corrected chi connectivity index (χ2v) is 12.0. The fourth-order valence-electron chi connectivity index (χ4n) is 6.58. The Morgan fingerprint density at radius 2 is 1.87 bits per heavy atom. The average Bonchev–Trinajstić information content (AvgIpc) is 3.33. The number of aliphatic hydroxyl groups excluding tert-OH is 1. The molecule has 0 unspecified atom stereocenters. The van der Waals surface area contributed by atoms with Gasteiger partial charge in [-0.3, -0.25) is 9.59 Å². The number of benzene rings is 1. The van der Waals surface area contributed by atoms with E-state index in [0.29, 0.717) is 24.5 Å². The Morgan fingerprint density at radius 1 is 1.17 bits per heavy atom. The minimum atomic E-state index is -2.05. The van der Waals surface area contributed by atoms with Gasteiger partial charge >= 0.3 is 23.9 Å². The van der Waals surface area contributed by atoms with Gasteiger partial charge in [-0.2, -0.15) is 0 Å². The van der Waals surface area contributed by atoms with Crippen LogP contribution >= 0.6 is 0 Å². The monoisotopic (exact) mass is 648 g/mol. The Bertz CT molecular complexity index is 1440. The van der Waals surface area contributed by atoms with Crippen LogP contribution in [0.5, 0.6) is 11.5 Å². The third-order valence-electron chi connectivity index (χ3n) is 9.25. The van der Waals surface area contributed by atoms with E-state index in [2.05, 4.69) is 10.2 Å². The van der Waals surface area contributed by atoms with Crippen LogP contribution in [0.1, 0.15) is 57.6 Å². The second-order valence-electron chi connectivity index (χ2n) is 12.0. The van der Waals surface area contributed by atoms with Gasteiger partial charge in [0, 0.05) is 24.4 Å². The van der Waals surface area contributed by atoms with Crippen LogP contribution in [0.25, 0.3) is 0 Å². The van der Waals surface area contributed by atoms with Crippen molar-refractivity contribution in [2.24, 2.45) is 0 Å². The molecule has 3 aliphatic rings. The zero-order valence-electron chi connectivity index (χ0n) is 26.3. The summed E-state index contributed by atoms with van der Waals surface area (Å²) in [5.41, 5.74) is -0.636. The highest BCUT2D eigenvalue weighted by Crippen LogP contribution is 2.62. The third kappa shape index (κ3) is 6.13. The van der Waals surface area contributed by atoms with Crippen molar-refractivity contribution in [2.75, 3.05) is 20.7 Å². The maximum absolute atomic E-state index is 13.3. The summed E-state index contributed by atoms with van der Waals surface area (Å²) >= 11 is 0. The standard InChI is InChI=1S/C31H40N2O13/c1-6-33(4)21-13-16-7-9-19(43-5)25-24(16)30(3)26(46-25)20(11-12-31(21,30)42)45-28(40)15(2)44-29(41)17(8-10-23(36)37)32-22(35)14-18(34)27(38)39/h7,9,11,15,17-18,21,26,34,42H,6,8,10,12-14H2,1-5H3,(H,32,35)(H,36,37)(H,38,39)/t15-,17-,18-,21+,26-,30-,31+/m0/s1. The second kappa shape index (κ2) is 13.3. The van der Waals surface area contributed by atoms with Gasteiger partial charge in [-0.15, -0.1) is 0 Å². The predicted octanol–water partition coefficient (Wildman–Crippen LogP) is 0.269. The summed E-state index contributed by atoms with van der Waals surface area (Å²) < 4.78 is 22.9. The first-order valence-corrected chi connectivity index (χ1v) is 14.9. The highest BCUT2D eigenvalue weighted by molar-refractivity contribution is 5.89. The molecule has 0 radical (unpaired) electrons. The first-order valence-electron chi connectivity index (χ1n) is 14.9. The Balaban J connectivity index is 1.54. The van der Waals surface area contributed by atoms with Gasteiger partial charge in [-0.1, -0.05) is 13.0 Å². The number of hydrogen-bond donors (Lipinski definition) is 5. The number of hydrogen-bond acceptors (Lipinski definition) is 12. The molecular formula is C31H40N2O13. The minimum Gasteiger partial charge on any atom is -0.493 e. The molecule has 2 aliphatic carbocycles. The van der Waals surface area contributed by atoms with E-state index in [4.69, 9.17) is 29.2 Å². The summed E-state index contributed by atoms with van der Waals surface area (Å²) in [6.07, 6.45) is -4.14. The number of esters is 2. The largest absolute Gasteiger partial charge is 0.493 e. The molecule has 1 aromatic rings. The van der Waals surface area contributed by atoms with Crippen LogP contribution in [0.4, 0.5) is 0 Å². The Hall–Kier alpha value is -4.21. The van der Waals surface area contributed by atoms with Gasteiger partial charge in [0.05, 0.1) is 24.5 Å². The topological polar surface area (TPSA) is 218 Å². The Kier molecular flexibility index (Phi) is 9.99. The number of ether oxygens (including phenoxy) is 4. The molecule has 7 atom stereocenters. The van der Waals surface area contributed by atoms with E-state index in [1.807, 2.05) is 27.0 Å². The van der Waals surface area contributed by atoms with Gasteiger partial charge in [0.1, 0.15) is 11.8 Å². The maximum atomic E-state index is 13.3. The molecule has 0 fully saturated rings. The van der Waals surface area contributed by atoms with E-state index >= 15 is 0 Å². The smallest absolute Gasteiger partial charge is 0.352 e. The lowest BCUT2D eigenvalue weighted by atomic mass is 9.54. The van der Waals surface area contributed by atoms with Gasteiger partial charge in [0.2, 0.25) is 5.91 Å². The highest BCUT2D eigenvalue weighted by atomic mass is 16.6. The lowest BCUT2D eigenvalue weighted by Crippen LogP contribution is -2.69. The molecule has 5 N–H and O–H groups in total. The molecule has 0 aromatic heterocycles. The number of amides is 1. The van der Waals surface area contributed by atoms with Crippen molar-refractivity contribution in [1.82, 2.24) is 10.2 Å². The van der Waals surface area contributed by atoms with Crippen molar-refractivity contribution in [3.05, 3.63) is 35.1 Å². The number of nitrogens with one attached hydrogen (secondary N) is 1. The average molecular weight is 649 g/mol. The summed E-state index contributed by atoms with van der Waals surface area (Å²) in [5.74, 6) is -5.15. The Morgan fingerprint density at radius 3 is 2.48 bits per heavy atom. The molecule has 1 amide bonds. The number of methoxy groups -OCH3 is 1.